The van der Waals surface area contributed by atoms with E-state index < -0.39 is 17.7 Å². The molecule has 0 heterocycles. The monoisotopic (exact) mass is 280 g/mol. The Balaban J connectivity index is 2.73. The van der Waals surface area contributed by atoms with Gasteiger partial charge >= 0.3 is 12.1 Å². The maximum atomic E-state index is 12.8. The summed E-state index contributed by atoms with van der Waals surface area (Å²) in [4.78, 5) is 11.3. The SMILES string of the molecule is Cc1cc(C(F)(F)F)cc(C(=O)O)c1-c1ccccc1. The lowest BCUT2D eigenvalue weighted by molar-refractivity contribution is -0.137. The van der Waals surface area contributed by atoms with Gasteiger partial charge in [-0.25, -0.2) is 4.79 Å². The zero-order chi connectivity index (χ0) is 14.9. The van der Waals surface area contributed by atoms with Crippen LogP contribution in [0.1, 0.15) is 21.5 Å². The number of hydrogen-bond donors (Lipinski definition) is 1. The molecule has 0 saturated heterocycles. The third kappa shape index (κ3) is 2.66. The lowest BCUT2D eigenvalue weighted by atomic mass is 9.92. The third-order valence-electron chi connectivity index (χ3n) is 2.96. The van der Waals surface area contributed by atoms with Crippen LogP contribution in [0.2, 0.25) is 0 Å². The molecule has 2 aromatic carbocycles. The van der Waals surface area contributed by atoms with E-state index in [1.54, 1.807) is 30.3 Å². The van der Waals surface area contributed by atoms with Crippen molar-refractivity contribution in [3.05, 3.63) is 59.2 Å². The van der Waals surface area contributed by atoms with Gasteiger partial charge in [0, 0.05) is 0 Å². The summed E-state index contributed by atoms with van der Waals surface area (Å²) in [5, 5.41) is 9.17. The summed E-state index contributed by atoms with van der Waals surface area (Å²) >= 11 is 0. The van der Waals surface area contributed by atoms with Crippen molar-refractivity contribution in [3.8, 4) is 11.1 Å². The molecule has 5 heteroatoms. The van der Waals surface area contributed by atoms with Gasteiger partial charge in [-0.1, -0.05) is 30.3 Å². The average molecular weight is 280 g/mol. The molecule has 0 atom stereocenters. The number of alkyl halides is 3. The molecular weight excluding hydrogens is 269 g/mol. The number of carboxylic acid groups (broad SMARTS) is 1. The molecule has 0 spiro atoms. The Morgan fingerprint density at radius 2 is 1.70 bits per heavy atom. The number of carbonyl (C=O) groups is 1. The number of rotatable bonds is 2. The molecular formula is C15H11F3O2. The van der Waals surface area contributed by atoms with E-state index in [1.807, 2.05) is 0 Å². The zero-order valence-corrected chi connectivity index (χ0v) is 10.5. The average Bonchev–Trinajstić information content (AvgIpc) is 2.37. The first-order valence-electron chi connectivity index (χ1n) is 5.81. The quantitative estimate of drug-likeness (QED) is 0.886. The van der Waals surface area contributed by atoms with Crippen LogP contribution in [0.15, 0.2) is 42.5 Å². The molecule has 0 aliphatic heterocycles. The molecule has 0 unspecified atom stereocenters. The van der Waals surface area contributed by atoms with E-state index in [2.05, 4.69) is 0 Å². The molecule has 0 amide bonds. The van der Waals surface area contributed by atoms with Gasteiger partial charge in [-0.2, -0.15) is 13.2 Å². The Labute approximate surface area is 113 Å². The van der Waals surface area contributed by atoms with E-state index in [4.69, 9.17) is 0 Å². The second-order valence-corrected chi connectivity index (χ2v) is 4.38. The maximum absolute atomic E-state index is 12.8. The molecule has 0 saturated carbocycles. The minimum atomic E-state index is -4.57. The molecule has 2 rings (SSSR count). The minimum absolute atomic E-state index is 0.281. The highest BCUT2D eigenvalue weighted by Gasteiger charge is 2.32. The zero-order valence-electron chi connectivity index (χ0n) is 10.5. The van der Waals surface area contributed by atoms with Gasteiger partial charge in [-0.15, -0.1) is 0 Å². The van der Waals surface area contributed by atoms with Gasteiger partial charge in [0.1, 0.15) is 0 Å². The Morgan fingerprint density at radius 3 is 2.20 bits per heavy atom. The highest BCUT2D eigenvalue weighted by molar-refractivity contribution is 5.97. The topological polar surface area (TPSA) is 37.3 Å². The second-order valence-electron chi connectivity index (χ2n) is 4.38. The normalized spacial score (nSPS) is 11.4. The molecule has 2 aromatic rings. The van der Waals surface area contributed by atoms with Gasteiger partial charge in [0.05, 0.1) is 11.1 Å². The molecule has 0 aliphatic rings. The standard InChI is InChI=1S/C15H11F3O2/c1-9-7-11(15(16,17)18)8-12(14(19)20)13(9)10-5-3-2-4-6-10/h2-8H,1H3,(H,19,20). The van der Waals surface area contributed by atoms with E-state index in [9.17, 15) is 23.1 Å². The molecule has 2 nitrogen and oxygen atoms in total. The Kier molecular flexibility index (Phi) is 3.53. The van der Waals surface area contributed by atoms with E-state index in [1.165, 1.54) is 6.92 Å². The van der Waals surface area contributed by atoms with Crippen molar-refractivity contribution in [2.75, 3.05) is 0 Å². The van der Waals surface area contributed by atoms with Crippen LogP contribution in [0.3, 0.4) is 0 Å². The first-order chi connectivity index (χ1) is 9.30. The van der Waals surface area contributed by atoms with E-state index in [0.717, 1.165) is 6.07 Å². The van der Waals surface area contributed by atoms with Gasteiger partial charge in [0.25, 0.3) is 0 Å². The minimum Gasteiger partial charge on any atom is -0.478 e. The summed E-state index contributed by atoms with van der Waals surface area (Å²) in [5.41, 5.74) is -0.124. The van der Waals surface area contributed by atoms with Crippen LogP contribution < -0.4 is 0 Å². The molecule has 0 fully saturated rings. The van der Waals surface area contributed by atoms with Crippen LogP contribution in [-0.4, -0.2) is 11.1 Å². The Bertz CT molecular complexity index is 646. The van der Waals surface area contributed by atoms with Crippen molar-refractivity contribution in [2.45, 2.75) is 13.1 Å². The van der Waals surface area contributed by atoms with Crippen molar-refractivity contribution >= 4 is 5.97 Å². The molecule has 0 bridgehead atoms. The number of halogens is 3. The first-order valence-corrected chi connectivity index (χ1v) is 5.81. The lowest BCUT2D eigenvalue weighted by Crippen LogP contribution is -2.10. The predicted octanol–water partition coefficient (Wildman–Crippen LogP) is 4.38. The van der Waals surface area contributed by atoms with E-state index >= 15 is 0 Å². The molecule has 0 aromatic heterocycles. The van der Waals surface area contributed by atoms with Gasteiger partial charge in [0.15, 0.2) is 0 Å². The fourth-order valence-corrected chi connectivity index (χ4v) is 2.11. The van der Waals surface area contributed by atoms with Crippen LogP contribution in [-0.2, 0) is 6.18 Å². The van der Waals surface area contributed by atoms with Gasteiger partial charge < -0.3 is 5.11 Å². The fraction of sp³-hybridized carbons (Fsp3) is 0.133. The van der Waals surface area contributed by atoms with Gasteiger partial charge in [0.2, 0.25) is 0 Å². The lowest BCUT2D eigenvalue weighted by Gasteiger charge is -2.14. The summed E-state index contributed by atoms with van der Waals surface area (Å²) in [7, 11) is 0. The van der Waals surface area contributed by atoms with Gasteiger partial charge in [-0.05, 0) is 35.7 Å². The summed E-state index contributed by atoms with van der Waals surface area (Å²) in [6.45, 7) is 1.48. The van der Waals surface area contributed by atoms with Crippen LogP contribution in [0.4, 0.5) is 13.2 Å². The Morgan fingerprint density at radius 1 is 1.10 bits per heavy atom. The molecule has 20 heavy (non-hydrogen) atoms. The van der Waals surface area contributed by atoms with Crippen LogP contribution >= 0.6 is 0 Å². The van der Waals surface area contributed by atoms with Crippen LogP contribution in [0.25, 0.3) is 11.1 Å². The summed E-state index contributed by atoms with van der Waals surface area (Å²) < 4.78 is 38.3. The van der Waals surface area contributed by atoms with Crippen molar-refractivity contribution in [1.82, 2.24) is 0 Å². The molecule has 104 valence electrons. The summed E-state index contributed by atoms with van der Waals surface area (Å²) in [6, 6.07) is 10.1. The number of aryl methyl sites for hydroxylation is 1. The molecule has 0 aliphatic carbocycles. The highest BCUT2D eigenvalue weighted by atomic mass is 19.4. The predicted molar refractivity (Wildman–Crippen MR) is 68.6 cm³/mol. The number of carboxylic acids is 1. The van der Waals surface area contributed by atoms with E-state index in [0.29, 0.717) is 17.2 Å². The number of benzene rings is 2. The summed E-state index contributed by atoms with van der Waals surface area (Å²) in [5.74, 6) is -1.38. The second kappa shape index (κ2) is 5.00. The van der Waals surface area contributed by atoms with Crippen LogP contribution in [0, 0.1) is 6.92 Å². The van der Waals surface area contributed by atoms with Crippen molar-refractivity contribution in [2.24, 2.45) is 0 Å². The number of hydrogen-bond acceptors (Lipinski definition) is 1. The fourth-order valence-electron chi connectivity index (χ4n) is 2.11. The number of aromatic carboxylic acids is 1. The van der Waals surface area contributed by atoms with E-state index in [-0.39, 0.29) is 11.1 Å². The molecule has 0 radical (unpaired) electrons. The van der Waals surface area contributed by atoms with Crippen molar-refractivity contribution in [3.63, 3.8) is 0 Å². The third-order valence-corrected chi connectivity index (χ3v) is 2.96. The van der Waals surface area contributed by atoms with Crippen LogP contribution in [0.5, 0.6) is 0 Å². The Hall–Kier alpha value is -2.30. The smallest absolute Gasteiger partial charge is 0.416 e. The van der Waals surface area contributed by atoms with Crippen molar-refractivity contribution < 1.29 is 23.1 Å². The highest BCUT2D eigenvalue weighted by Crippen LogP contribution is 2.35. The largest absolute Gasteiger partial charge is 0.478 e. The summed E-state index contributed by atoms with van der Waals surface area (Å²) in [6.07, 6.45) is -4.57. The van der Waals surface area contributed by atoms with Crippen molar-refractivity contribution in [1.29, 1.82) is 0 Å². The first kappa shape index (κ1) is 14.1. The molecule has 1 N–H and O–H groups in total. The van der Waals surface area contributed by atoms with Gasteiger partial charge in [-0.3, -0.25) is 0 Å². The maximum Gasteiger partial charge on any atom is 0.416 e.